The number of hydrogen-bond acceptors (Lipinski definition) is 5. The second-order valence-electron chi connectivity index (χ2n) is 5.95. The molecule has 4 heterocycles. The number of amides is 1. The van der Waals surface area contributed by atoms with Crippen LogP contribution in [0.3, 0.4) is 0 Å². The number of furan rings is 1. The average molecular weight is 347 g/mol. The zero-order valence-electron chi connectivity index (χ0n) is 13.2. The summed E-state index contributed by atoms with van der Waals surface area (Å²) in [5.41, 5.74) is 0.264. The Morgan fingerprint density at radius 1 is 1.40 bits per heavy atom. The second kappa shape index (κ2) is 6.23. The van der Waals surface area contributed by atoms with Gasteiger partial charge in [0.25, 0.3) is 18.1 Å². The number of piperidine rings is 1. The van der Waals surface area contributed by atoms with E-state index in [4.69, 9.17) is 4.42 Å². The largest absolute Gasteiger partial charge is 0.459 e. The molecule has 130 valence electrons. The van der Waals surface area contributed by atoms with Crippen LogP contribution >= 0.6 is 0 Å². The van der Waals surface area contributed by atoms with Gasteiger partial charge in [-0.25, -0.2) is 13.8 Å². The molecule has 25 heavy (non-hydrogen) atoms. The third kappa shape index (κ3) is 2.86. The molecule has 1 fully saturated rings. The summed E-state index contributed by atoms with van der Waals surface area (Å²) in [5, 5.41) is 3.79. The van der Waals surface area contributed by atoms with Gasteiger partial charge in [-0.2, -0.15) is 14.6 Å². The predicted molar refractivity (Wildman–Crippen MR) is 82.3 cm³/mol. The minimum Gasteiger partial charge on any atom is -0.459 e. The van der Waals surface area contributed by atoms with E-state index < -0.39 is 6.43 Å². The summed E-state index contributed by atoms with van der Waals surface area (Å²) in [7, 11) is 0. The van der Waals surface area contributed by atoms with E-state index in [2.05, 4.69) is 15.1 Å². The molecule has 0 saturated carbocycles. The van der Waals surface area contributed by atoms with Gasteiger partial charge in [-0.15, -0.1) is 0 Å². The fourth-order valence-corrected chi connectivity index (χ4v) is 3.18. The molecule has 1 aliphatic rings. The van der Waals surface area contributed by atoms with E-state index >= 15 is 0 Å². The van der Waals surface area contributed by atoms with Crippen LogP contribution in [-0.2, 0) is 0 Å². The van der Waals surface area contributed by atoms with E-state index in [1.165, 1.54) is 18.7 Å². The van der Waals surface area contributed by atoms with Gasteiger partial charge in [0.15, 0.2) is 5.76 Å². The summed E-state index contributed by atoms with van der Waals surface area (Å²) >= 11 is 0. The first-order chi connectivity index (χ1) is 12.1. The fourth-order valence-electron chi connectivity index (χ4n) is 3.18. The number of rotatable bonds is 3. The lowest BCUT2D eigenvalue weighted by molar-refractivity contribution is 0.0673. The van der Waals surface area contributed by atoms with Crippen molar-refractivity contribution >= 4 is 11.7 Å². The topological polar surface area (TPSA) is 76.5 Å². The highest BCUT2D eigenvalue weighted by atomic mass is 19.3. The Kier molecular flexibility index (Phi) is 3.90. The van der Waals surface area contributed by atoms with E-state index in [-0.39, 0.29) is 29.1 Å². The van der Waals surface area contributed by atoms with Crippen molar-refractivity contribution in [2.24, 2.45) is 0 Å². The molecular weight excluding hydrogens is 332 g/mol. The zero-order valence-corrected chi connectivity index (χ0v) is 13.2. The zero-order chi connectivity index (χ0) is 17.4. The summed E-state index contributed by atoms with van der Waals surface area (Å²) in [6, 6.07) is 4.63. The Morgan fingerprint density at radius 3 is 3.04 bits per heavy atom. The molecule has 3 aromatic heterocycles. The van der Waals surface area contributed by atoms with E-state index in [0.717, 1.165) is 17.4 Å². The van der Waals surface area contributed by atoms with E-state index in [1.807, 2.05) is 0 Å². The Morgan fingerprint density at radius 2 is 2.28 bits per heavy atom. The third-order valence-electron chi connectivity index (χ3n) is 4.38. The number of nitrogens with zero attached hydrogens (tertiary/aromatic N) is 5. The predicted octanol–water partition coefficient (Wildman–Crippen LogP) is 2.67. The number of aromatic nitrogens is 4. The van der Waals surface area contributed by atoms with Crippen molar-refractivity contribution in [3.8, 4) is 0 Å². The molecule has 4 rings (SSSR count). The van der Waals surface area contributed by atoms with Crippen LogP contribution in [0.2, 0.25) is 0 Å². The van der Waals surface area contributed by atoms with Gasteiger partial charge in [0.1, 0.15) is 12.0 Å². The van der Waals surface area contributed by atoms with Crippen molar-refractivity contribution in [1.29, 1.82) is 0 Å². The van der Waals surface area contributed by atoms with Gasteiger partial charge in [-0.3, -0.25) is 4.79 Å². The highest BCUT2D eigenvalue weighted by Gasteiger charge is 2.29. The molecule has 0 radical (unpaired) electrons. The molecule has 1 amide bonds. The SMILES string of the molecule is O=C(c1ccco1)N1CCCC(c2cc(C(F)F)n3ncnc3n2)C1. The average Bonchev–Trinajstić information content (AvgIpc) is 3.31. The molecule has 0 bridgehead atoms. The summed E-state index contributed by atoms with van der Waals surface area (Å²) < 4.78 is 32.8. The van der Waals surface area contributed by atoms with Gasteiger partial charge in [0, 0.05) is 19.0 Å². The van der Waals surface area contributed by atoms with Gasteiger partial charge in [-0.1, -0.05) is 0 Å². The monoisotopic (exact) mass is 347 g/mol. The van der Waals surface area contributed by atoms with Gasteiger partial charge >= 0.3 is 0 Å². The Hall–Kier alpha value is -2.84. The van der Waals surface area contributed by atoms with Crippen molar-refractivity contribution in [1.82, 2.24) is 24.5 Å². The van der Waals surface area contributed by atoms with Gasteiger partial charge < -0.3 is 9.32 Å². The molecule has 0 aliphatic carbocycles. The lowest BCUT2D eigenvalue weighted by Crippen LogP contribution is -2.39. The van der Waals surface area contributed by atoms with Crippen molar-refractivity contribution in [2.75, 3.05) is 13.1 Å². The van der Waals surface area contributed by atoms with Crippen LogP contribution in [-0.4, -0.2) is 43.5 Å². The maximum atomic E-state index is 13.3. The van der Waals surface area contributed by atoms with Crippen molar-refractivity contribution in [2.45, 2.75) is 25.2 Å². The first-order valence-corrected chi connectivity index (χ1v) is 7.95. The second-order valence-corrected chi connectivity index (χ2v) is 5.95. The number of carbonyl (C=O) groups excluding carboxylic acids is 1. The minimum atomic E-state index is -2.68. The quantitative estimate of drug-likeness (QED) is 0.728. The molecular formula is C16H15F2N5O2. The smallest absolute Gasteiger partial charge is 0.289 e. The molecule has 0 spiro atoms. The first kappa shape index (κ1) is 15.7. The molecule has 1 aliphatic heterocycles. The lowest BCUT2D eigenvalue weighted by Gasteiger charge is -2.32. The van der Waals surface area contributed by atoms with E-state index in [9.17, 15) is 13.6 Å². The first-order valence-electron chi connectivity index (χ1n) is 7.95. The molecule has 1 saturated heterocycles. The Bertz CT molecular complexity index is 893. The summed E-state index contributed by atoms with van der Waals surface area (Å²) in [6.45, 7) is 1.00. The highest BCUT2D eigenvalue weighted by Crippen LogP contribution is 2.29. The van der Waals surface area contributed by atoms with Crippen LogP contribution in [0.15, 0.2) is 35.2 Å². The van der Waals surface area contributed by atoms with Crippen LogP contribution < -0.4 is 0 Å². The molecule has 9 heteroatoms. The van der Waals surface area contributed by atoms with Crippen LogP contribution in [0.1, 0.15) is 47.1 Å². The van der Waals surface area contributed by atoms with Crippen molar-refractivity contribution in [3.63, 3.8) is 0 Å². The molecule has 0 aromatic carbocycles. The third-order valence-corrected chi connectivity index (χ3v) is 4.38. The number of carbonyl (C=O) groups is 1. The van der Waals surface area contributed by atoms with Crippen LogP contribution in [0, 0.1) is 0 Å². The maximum absolute atomic E-state index is 13.3. The van der Waals surface area contributed by atoms with Crippen molar-refractivity contribution in [3.05, 3.63) is 47.9 Å². The van der Waals surface area contributed by atoms with Crippen LogP contribution in [0.4, 0.5) is 8.78 Å². The van der Waals surface area contributed by atoms with Crippen LogP contribution in [0.5, 0.6) is 0 Å². The highest BCUT2D eigenvalue weighted by molar-refractivity contribution is 5.91. The number of halogens is 2. The normalized spacial score (nSPS) is 18.2. The number of alkyl halides is 2. The van der Waals surface area contributed by atoms with E-state index in [0.29, 0.717) is 18.8 Å². The van der Waals surface area contributed by atoms with Gasteiger partial charge in [0.2, 0.25) is 0 Å². The molecule has 7 nitrogen and oxygen atoms in total. The number of fused-ring (bicyclic) bond motifs is 1. The summed E-state index contributed by atoms with van der Waals surface area (Å²) in [4.78, 5) is 22.4. The van der Waals surface area contributed by atoms with Gasteiger partial charge in [-0.05, 0) is 31.0 Å². The summed E-state index contributed by atoms with van der Waals surface area (Å²) in [5.74, 6) is 0.0799. The van der Waals surface area contributed by atoms with Gasteiger partial charge in [0.05, 0.1) is 12.0 Å². The number of hydrogen-bond donors (Lipinski definition) is 0. The Balaban J connectivity index is 1.63. The summed E-state index contributed by atoms with van der Waals surface area (Å²) in [6.07, 6.45) is 1.49. The molecule has 1 unspecified atom stereocenters. The molecule has 0 N–H and O–H groups in total. The Labute approximate surface area is 141 Å². The maximum Gasteiger partial charge on any atom is 0.289 e. The van der Waals surface area contributed by atoms with Crippen LogP contribution in [0.25, 0.3) is 5.78 Å². The molecule has 3 aromatic rings. The fraction of sp³-hybridized carbons (Fsp3) is 0.375. The number of likely N-dealkylation sites (tertiary alicyclic amines) is 1. The lowest BCUT2D eigenvalue weighted by atomic mass is 9.94. The van der Waals surface area contributed by atoms with Crippen molar-refractivity contribution < 1.29 is 18.0 Å². The van der Waals surface area contributed by atoms with E-state index in [1.54, 1.807) is 17.0 Å². The standard InChI is InChI=1S/C16H15F2N5O2/c17-14(18)12-7-11(21-16-19-9-20-23(12)16)10-3-1-5-22(8-10)15(24)13-4-2-6-25-13/h2,4,6-7,9-10,14H,1,3,5,8H2. The molecule has 1 atom stereocenters. The minimum absolute atomic E-state index is 0.133.